The van der Waals surface area contributed by atoms with Gasteiger partial charge in [-0.2, -0.15) is 0 Å². The zero-order valence-corrected chi connectivity index (χ0v) is 68.0. The molecule has 0 saturated heterocycles. The molecule has 0 aliphatic carbocycles. The van der Waals surface area contributed by atoms with Gasteiger partial charge in [-0.05, 0) is 171 Å². The summed E-state index contributed by atoms with van der Waals surface area (Å²) in [5, 5.41) is 13.0. The predicted octanol–water partition coefficient (Wildman–Crippen LogP) is 27.3. The average Bonchev–Trinajstić information content (AvgIpc) is 0.725. The molecule has 24 nitrogen and oxygen atoms in total. The van der Waals surface area contributed by atoms with Gasteiger partial charge in [-0.3, -0.25) is 59.8 Å². The minimum absolute atomic E-state index is 0. The van der Waals surface area contributed by atoms with Crippen molar-refractivity contribution in [2.45, 2.75) is 41.5 Å². The van der Waals surface area contributed by atoms with Gasteiger partial charge >= 0.3 is 0 Å². The Hall–Kier alpha value is -12.9. The maximum absolute atomic E-state index is 5.14. The van der Waals surface area contributed by atoms with Crippen LogP contribution in [-0.4, -0.2) is 69.8 Å². The van der Waals surface area contributed by atoms with Gasteiger partial charge in [0.1, 0.15) is 0 Å². The van der Waals surface area contributed by atoms with Crippen molar-refractivity contribution in [3.63, 3.8) is 0 Å². The third-order valence-corrected chi connectivity index (χ3v) is 19.4. The summed E-state index contributed by atoms with van der Waals surface area (Å²) in [5.41, 5.74) is 26.3. The van der Waals surface area contributed by atoms with Gasteiger partial charge in [-0.25, -0.2) is 9.97 Å². The molecule has 0 aliphatic heterocycles. The molecule has 0 aliphatic rings. The molecule has 22 N–H and O–H groups in total. The molecule has 0 bridgehead atoms. The number of pyridine rings is 12. The van der Waals surface area contributed by atoms with E-state index in [9.17, 15) is 0 Å². The largest absolute Gasteiger partial charge is 0.693 e. The number of aryl methyl sites for hydroxylation is 6. The summed E-state index contributed by atoms with van der Waals surface area (Å²) in [5.74, 6) is 0. The van der Waals surface area contributed by atoms with Crippen molar-refractivity contribution in [1.29, 1.82) is 0 Å². The first-order valence-electron chi connectivity index (χ1n) is 34.4. The molecular weight excluding hydrogens is 1620 g/mol. The van der Waals surface area contributed by atoms with E-state index in [1.807, 2.05) is 124 Å². The van der Waals surface area contributed by atoms with Crippen LogP contribution in [0.2, 0.25) is 0 Å². The van der Waals surface area contributed by atoms with Gasteiger partial charge in [-0.1, -0.05) is 133 Å². The Morgan fingerprint density at radius 2 is 0.448 bits per heavy atom. The van der Waals surface area contributed by atoms with E-state index >= 15 is 0 Å². The molecule has 0 saturated carbocycles. The molecule has 0 fully saturated rings. The van der Waals surface area contributed by atoms with Crippen molar-refractivity contribution in [3.8, 4) is 22.3 Å². The smallest absolute Gasteiger partial charge is 0.0996 e. The van der Waals surface area contributed by atoms with E-state index in [0.29, 0.717) is 0 Å². The minimum atomic E-state index is 0. The van der Waals surface area contributed by atoms with E-state index in [1.165, 1.54) is 55.3 Å². The van der Waals surface area contributed by atoms with Crippen LogP contribution in [0.5, 0.6) is 0 Å². The Kier molecular flexibility index (Phi) is 32.5. The van der Waals surface area contributed by atoms with E-state index in [2.05, 4.69) is 221 Å². The first kappa shape index (κ1) is 93.7. The second-order valence-corrected chi connectivity index (χ2v) is 25.8. The summed E-state index contributed by atoms with van der Waals surface area (Å²) in [4.78, 5) is 65.0. The molecule has 8 aromatic carbocycles. The fraction of sp³-hybridized carbons (Fsp3) is 0.0667. The number of hydrogen-bond acceptors (Lipinski definition) is 16. The quantitative estimate of drug-likeness (QED) is 0.0922. The van der Waals surface area contributed by atoms with Crippen molar-refractivity contribution in [2.24, 2.45) is 0 Å². The standard InChI is InChI=1S/C24H12N6.C24H16N2.C16H16N2.C14H12N2.C12H8N2.2H3N.8H2N.2Ru/c1-5-13-17(25-9-1)18-14(6-2-10-26-18)22-21(13)29-23-15-7-3-11-27-19(15)20-16(24(23)30-22)8-4-12-28-20;1-3-7-17(8-4-1)19-13-15-25-23-21(19)11-12-22-20(14-16-26-24(22)23)18-9-5-2-6-10-18;1-9-7-17-15-13(11(9)3)5-6-14-12(4)10(2)8-18-16(14)15;1-9-3-5-11-7-8-12-6-4-10(2)16-14(12)13(11)15-9;1-3-9-5-6-10-4-2-8-14-12(10)11(9)13-7-1;;;;;;;;;;;;/h1-12H;1-16H;5-8H,1-4H3;3-8H,1-2H3;1-8H;2*1H3;8*1H2;;/q;;;;;;;8*-1;;. The van der Waals surface area contributed by atoms with Crippen LogP contribution < -0.4 is 12.3 Å². The summed E-state index contributed by atoms with van der Waals surface area (Å²) < 4.78 is 0. The molecule has 0 amide bonds. The number of hydrogen-bond donors (Lipinski definition) is 2. The number of rotatable bonds is 2. The first-order chi connectivity index (χ1) is 51.1. The molecule has 0 spiro atoms. The summed E-state index contributed by atoms with van der Waals surface area (Å²) in [6.45, 7) is 12.5. The van der Waals surface area contributed by atoms with E-state index in [4.69, 9.17) is 9.97 Å². The van der Waals surface area contributed by atoms with E-state index in [-0.39, 0.29) is 100 Å². The molecule has 116 heavy (non-hydrogen) atoms. The number of fused-ring (bicyclic) bond motifs is 24. The Labute approximate surface area is 696 Å². The summed E-state index contributed by atoms with van der Waals surface area (Å²) in [7, 11) is 0. The van der Waals surface area contributed by atoms with E-state index < -0.39 is 0 Å². The van der Waals surface area contributed by atoms with Crippen LogP contribution in [0.15, 0.2) is 280 Å². The second kappa shape index (κ2) is 40.2. The molecule has 0 atom stereocenters. The van der Waals surface area contributed by atoms with Crippen LogP contribution in [0, 0.1) is 41.5 Å². The van der Waals surface area contributed by atoms with Crippen LogP contribution in [0.4, 0.5) is 0 Å². The Bertz CT molecular complexity index is 6450. The van der Waals surface area contributed by atoms with Crippen LogP contribution in [0.1, 0.15) is 33.6 Å². The monoisotopic (exact) mass is 1710 g/mol. The number of aromatic nitrogens is 14. The average molecular weight is 1710 g/mol. The Balaban J connectivity index is 0.000000259. The van der Waals surface area contributed by atoms with E-state index in [1.54, 1.807) is 37.2 Å². The van der Waals surface area contributed by atoms with E-state index in [0.717, 1.165) is 154 Å². The molecule has 21 aromatic rings. The Morgan fingerprint density at radius 3 is 0.776 bits per heavy atom. The number of nitrogens with two attached hydrogens (primary N) is 8. The summed E-state index contributed by atoms with van der Waals surface area (Å²) >= 11 is 0. The van der Waals surface area contributed by atoms with Gasteiger partial charge in [0.15, 0.2) is 0 Å². The van der Waals surface area contributed by atoms with Crippen molar-refractivity contribution in [3.05, 3.63) is 363 Å². The Morgan fingerprint density at radius 1 is 0.190 bits per heavy atom. The molecule has 0 radical (unpaired) electrons. The van der Waals surface area contributed by atoms with Crippen LogP contribution in [0.25, 0.3) is 224 Å². The molecular formula is C90H86N24Ru2-8. The van der Waals surface area contributed by atoms with Gasteiger partial charge in [-0.15, -0.1) is 0 Å². The predicted molar refractivity (Wildman–Crippen MR) is 478 cm³/mol. The third kappa shape index (κ3) is 17.4. The normalized spacial score (nSPS) is 10.2. The van der Waals surface area contributed by atoms with Crippen molar-refractivity contribution in [1.82, 2.24) is 82.1 Å². The van der Waals surface area contributed by atoms with Crippen LogP contribution in [0.3, 0.4) is 0 Å². The van der Waals surface area contributed by atoms with Crippen molar-refractivity contribution >= 4 is 153 Å². The molecule has 590 valence electrons. The number of benzene rings is 8. The molecule has 13 heterocycles. The van der Waals surface area contributed by atoms with Gasteiger partial charge in [0, 0.05) is 177 Å². The van der Waals surface area contributed by atoms with Crippen LogP contribution in [-0.2, 0) is 39.0 Å². The zero-order chi connectivity index (χ0) is 70.4. The second-order valence-electron chi connectivity index (χ2n) is 25.8. The maximum Gasteiger partial charge on any atom is 0.0996 e. The molecule has 0 unspecified atom stereocenters. The fourth-order valence-corrected chi connectivity index (χ4v) is 13.9. The zero-order valence-electron chi connectivity index (χ0n) is 64.6. The topological polar surface area (TPSA) is 518 Å². The van der Waals surface area contributed by atoms with Crippen LogP contribution >= 0.6 is 0 Å². The maximum atomic E-state index is 5.14. The third-order valence-electron chi connectivity index (χ3n) is 19.4. The minimum Gasteiger partial charge on any atom is -0.693 e. The van der Waals surface area contributed by atoms with Gasteiger partial charge in [0.25, 0.3) is 0 Å². The van der Waals surface area contributed by atoms with Gasteiger partial charge in [0.05, 0.1) is 88.3 Å². The molecule has 21 rings (SSSR count). The summed E-state index contributed by atoms with van der Waals surface area (Å²) in [6.07, 6.45) is 18.4. The molecule has 26 heteroatoms. The van der Waals surface area contributed by atoms with Crippen molar-refractivity contribution < 1.29 is 39.0 Å². The molecule has 13 aromatic heterocycles. The van der Waals surface area contributed by atoms with Gasteiger partial charge in [0.2, 0.25) is 0 Å². The van der Waals surface area contributed by atoms with Gasteiger partial charge < -0.3 is 61.5 Å². The number of nitrogens with zero attached hydrogens (tertiary/aromatic N) is 14. The SMILES string of the molecule is Cc1ccc2ccc3ccc(C)nc3c2n1.Cc1cnc2c(ccc3c(C)c(C)cnc32)c1C.N.N.[NH2-].[NH2-].[NH2-].[NH2-].[NH2-].[NH2-].[NH2-].[NH2-].[Ru].[Ru].c1ccc(-c2ccnc3c2ccc2c(-c4ccccc4)ccnc23)cc1.c1cnc2c(c1)c1nc3c4cccnc4c4ncccc4c3nc1c1cccnc12.c1cnc2c(c1)ccc1cccnc12. The summed E-state index contributed by atoms with van der Waals surface area (Å²) in [6, 6.07) is 74.1. The fourth-order valence-electron chi connectivity index (χ4n) is 13.9. The first-order valence-corrected chi connectivity index (χ1v) is 34.4. The van der Waals surface area contributed by atoms with Crippen molar-refractivity contribution in [2.75, 3.05) is 0 Å².